The van der Waals surface area contributed by atoms with Crippen molar-refractivity contribution in [3.8, 4) is 0 Å². The number of esters is 1. The number of hydrogen-bond acceptors (Lipinski definition) is 5. The molecule has 1 atom stereocenters. The predicted molar refractivity (Wildman–Crippen MR) is 42.8 cm³/mol. The lowest BCUT2D eigenvalue weighted by Crippen LogP contribution is -2.18. The Morgan fingerprint density at radius 1 is 1.82 bits per heavy atom. The summed E-state index contributed by atoms with van der Waals surface area (Å²) in [5.74, 6) is 4.65. The monoisotopic (exact) mass is 175 g/mol. The van der Waals surface area contributed by atoms with Crippen molar-refractivity contribution < 1.29 is 9.53 Å². The first-order chi connectivity index (χ1) is 5.24. The molecule has 0 aromatic rings. The van der Waals surface area contributed by atoms with Crippen LogP contribution in [0.25, 0.3) is 0 Å². The van der Waals surface area contributed by atoms with Crippen molar-refractivity contribution in [2.45, 2.75) is 11.7 Å². The van der Waals surface area contributed by atoms with Gasteiger partial charge >= 0.3 is 5.97 Å². The minimum atomic E-state index is -0.235. The Kier molecular flexibility index (Phi) is 2.58. The number of nitrogens with two attached hydrogens (primary N) is 2. The third-order valence-corrected chi connectivity index (χ3v) is 2.34. The molecule has 0 spiro atoms. The van der Waals surface area contributed by atoms with Gasteiger partial charge in [-0.1, -0.05) is 11.8 Å². The molecule has 0 bridgehead atoms. The average Bonchev–Trinajstić information content (AvgIpc) is 2.37. The zero-order valence-electron chi connectivity index (χ0n) is 5.82. The molecule has 0 aromatic carbocycles. The number of amidine groups is 1. The third kappa shape index (κ3) is 2.01. The van der Waals surface area contributed by atoms with Crippen molar-refractivity contribution in [1.29, 1.82) is 0 Å². The number of hydrogen-bond donors (Lipinski definition) is 2. The highest BCUT2D eigenvalue weighted by Crippen LogP contribution is 2.20. The number of nitrogens with zero attached hydrogens (tertiary/aromatic N) is 1. The lowest BCUT2D eigenvalue weighted by molar-refractivity contribution is -0.137. The summed E-state index contributed by atoms with van der Waals surface area (Å²) in [6, 6.07) is 0. The summed E-state index contributed by atoms with van der Waals surface area (Å²) < 4.78 is 4.70. The van der Waals surface area contributed by atoms with Gasteiger partial charge in [0.15, 0.2) is 5.17 Å². The van der Waals surface area contributed by atoms with Gasteiger partial charge in [0.1, 0.15) is 5.25 Å². The number of hydrazone groups is 1. The van der Waals surface area contributed by atoms with Gasteiger partial charge in [0, 0.05) is 6.42 Å². The standard InChI is InChI=1S/C5H9N3O2S/c6-5(8-7)11-3-1-2-10-4(3)9/h3H,1-2,7H2,(H2,6,8). The van der Waals surface area contributed by atoms with Crippen LogP contribution in [-0.2, 0) is 9.53 Å². The van der Waals surface area contributed by atoms with E-state index in [1.807, 2.05) is 0 Å². The summed E-state index contributed by atoms with van der Waals surface area (Å²) in [4.78, 5) is 10.8. The largest absolute Gasteiger partial charge is 0.465 e. The molecule has 0 aliphatic carbocycles. The molecule has 1 fully saturated rings. The molecular formula is C5H9N3O2S. The van der Waals surface area contributed by atoms with Crippen molar-refractivity contribution in [3.63, 3.8) is 0 Å². The maximum absolute atomic E-state index is 10.8. The van der Waals surface area contributed by atoms with E-state index in [-0.39, 0.29) is 16.4 Å². The molecule has 1 unspecified atom stereocenters. The minimum Gasteiger partial charge on any atom is -0.465 e. The third-order valence-electron chi connectivity index (χ3n) is 1.28. The summed E-state index contributed by atoms with van der Waals surface area (Å²) in [6.45, 7) is 0.467. The number of cyclic esters (lactones) is 1. The molecule has 1 saturated heterocycles. The van der Waals surface area contributed by atoms with Crippen LogP contribution in [0.4, 0.5) is 0 Å². The fourth-order valence-corrected chi connectivity index (χ4v) is 1.49. The molecule has 0 aromatic heterocycles. The van der Waals surface area contributed by atoms with E-state index in [1.54, 1.807) is 0 Å². The summed E-state index contributed by atoms with van der Waals surface area (Å²) in [5, 5.41) is 3.23. The van der Waals surface area contributed by atoms with Crippen LogP contribution in [0, 0.1) is 0 Å². The summed E-state index contributed by atoms with van der Waals surface area (Å²) in [5.41, 5.74) is 5.30. The molecule has 0 amide bonds. The molecule has 5 nitrogen and oxygen atoms in total. The first-order valence-corrected chi connectivity index (χ1v) is 3.98. The molecule has 4 N–H and O–H groups in total. The SMILES string of the molecule is N/N=C(\N)SC1CCOC1=O. The Morgan fingerprint density at radius 3 is 3.00 bits per heavy atom. The fraction of sp³-hybridized carbons (Fsp3) is 0.600. The molecule has 1 aliphatic rings. The van der Waals surface area contributed by atoms with E-state index in [0.29, 0.717) is 13.0 Å². The minimum absolute atomic E-state index is 0.217. The average molecular weight is 175 g/mol. The molecule has 62 valence electrons. The molecule has 1 heterocycles. The van der Waals surface area contributed by atoms with E-state index in [2.05, 4.69) is 5.10 Å². The molecule has 0 radical (unpaired) electrons. The lowest BCUT2D eigenvalue weighted by Gasteiger charge is -2.01. The Balaban J connectivity index is 2.43. The summed E-state index contributed by atoms with van der Waals surface area (Å²) in [7, 11) is 0. The number of carbonyl (C=O) groups is 1. The summed E-state index contributed by atoms with van der Waals surface area (Å²) >= 11 is 1.14. The Morgan fingerprint density at radius 2 is 2.55 bits per heavy atom. The van der Waals surface area contributed by atoms with Crippen LogP contribution >= 0.6 is 11.8 Å². The van der Waals surface area contributed by atoms with Crippen molar-refractivity contribution in [1.82, 2.24) is 0 Å². The predicted octanol–water partition coefficient (Wildman–Crippen LogP) is -0.777. The van der Waals surface area contributed by atoms with Gasteiger partial charge in [0.25, 0.3) is 0 Å². The van der Waals surface area contributed by atoms with E-state index in [1.165, 1.54) is 0 Å². The second-order valence-electron chi connectivity index (χ2n) is 2.03. The van der Waals surface area contributed by atoms with E-state index < -0.39 is 0 Å². The topological polar surface area (TPSA) is 90.7 Å². The molecule has 11 heavy (non-hydrogen) atoms. The van der Waals surface area contributed by atoms with Crippen molar-refractivity contribution in [2.75, 3.05) is 6.61 Å². The van der Waals surface area contributed by atoms with E-state index in [4.69, 9.17) is 16.3 Å². The highest BCUT2D eigenvalue weighted by molar-refractivity contribution is 8.14. The first-order valence-electron chi connectivity index (χ1n) is 3.10. The number of rotatable bonds is 1. The smallest absolute Gasteiger partial charge is 0.319 e. The molecule has 1 rings (SSSR count). The van der Waals surface area contributed by atoms with Crippen LogP contribution in [0.15, 0.2) is 5.10 Å². The second-order valence-corrected chi connectivity index (χ2v) is 3.25. The van der Waals surface area contributed by atoms with E-state index in [9.17, 15) is 4.79 Å². The summed E-state index contributed by atoms with van der Waals surface area (Å²) in [6.07, 6.45) is 0.680. The number of thioether (sulfide) groups is 1. The Hall–Kier alpha value is -0.910. The lowest BCUT2D eigenvalue weighted by atomic mass is 10.4. The normalized spacial score (nSPS) is 25.3. The molecule has 6 heteroatoms. The Bertz CT molecular complexity index is 194. The van der Waals surface area contributed by atoms with Gasteiger partial charge < -0.3 is 16.3 Å². The van der Waals surface area contributed by atoms with Crippen molar-refractivity contribution in [2.24, 2.45) is 16.7 Å². The Labute approximate surface area is 68.1 Å². The van der Waals surface area contributed by atoms with Crippen molar-refractivity contribution in [3.05, 3.63) is 0 Å². The highest BCUT2D eigenvalue weighted by atomic mass is 32.2. The zero-order valence-corrected chi connectivity index (χ0v) is 6.63. The number of carbonyl (C=O) groups excluding carboxylic acids is 1. The van der Waals surface area contributed by atoms with Crippen LogP contribution in [0.1, 0.15) is 6.42 Å². The van der Waals surface area contributed by atoms with Crippen LogP contribution in [0.3, 0.4) is 0 Å². The first kappa shape index (κ1) is 8.19. The van der Waals surface area contributed by atoms with Crippen LogP contribution in [0.5, 0.6) is 0 Å². The maximum atomic E-state index is 10.8. The highest BCUT2D eigenvalue weighted by Gasteiger charge is 2.27. The van der Waals surface area contributed by atoms with Gasteiger partial charge in [-0.05, 0) is 0 Å². The van der Waals surface area contributed by atoms with Gasteiger partial charge in [-0.2, -0.15) is 5.10 Å². The van der Waals surface area contributed by atoms with E-state index in [0.717, 1.165) is 11.8 Å². The fourth-order valence-electron chi connectivity index (χ4n) is 0.761. The van der Waals surface area contributed by atoms with Crippen molar-refractivity contribution >= 4 is 22.9 Å². The van der Waals surface area contributed by atoms with Gasteiger partial charge in [-0.15, -0.1) is 0 Å². The second kappa shape index (κ2) is 3.47. The molecule has 0 saturated carbocycles. The van der Waals surface area contributed by atoms with Gasteiger partial charge in [0.2, 0.25) is 0 Å². The maximum Gasteiger partial charge on any atom is 0.319 e. The van der Waals surface area contributed by atoms with Gasteiger partial charge in [0.05, 0.1) is 6.61 Å². The van der Waals surface area contributed by atoms with Gasteiger partial charge in [-0.3, -0.25) is 4.79 Å². The van der Waals surface area contributed by atoms with Crippen LogP contribution in [0.2, 0.25) is 0 Å². The van der Waals surface area contributed by atoms with Crippen LogP contribution < -0.4 is 11.6 Å². The number of ether oxygens (including phenoxy) is 1. The quantitative estimate of drug-likeness (QED) is 0.179. The van der Waals surface area contributed by atoms with Gasteiger partial charge in [-0.25, -0.2) is 0 Å². The van der Waals surface area contributed by atoms with E-state index >= 15 is 0 Å². The van der Waals surface area contributed by atoms with Crippen LogP contribution in [-0.4, -0.2) is 23.0 Å². The molecular weight excluding hydrogens is 166 g/mol. The molecule has 1 aliphatic heterocycles. The zero-order chi connectivity index (χ0) is 8.27.